The van der Waals surface area contributed by atoms with E-state index in [-0.39, 0.29) is 6.04 Å². The molecular formula is C33H41N9O. The van der Waals surface area contributed by atoms with Crippen LogP contribution < -0.4 is 20.7 Å². The molecule has 10 heteroatoms. The normalized spacial score (nSPS) is 12.8. The molecule has 2 aromatic carbocycles. The number of ether oxygens (including phenoxy) is 1. The molecule has 0 radical (unpaired) electrons. The van der Waals surface area contributed by atoms with Crippen LogP contribution in [0.1, 0.15) is 31.9 Å². The van der Waals surface area contributed by atoms with Crippen LogP contribution in [0, 0.1) is 0 Å². The molecular weight excluding hydrogens is 538 g/mol. The number of rotatable bonds is 10. The van der Waals surface area contributed by atoms with E-state index in [4.69, 9.17) is 20.4 Å². The van der Waals surface area contributed by atoms with Gasteiger partial charge in [0.1, 0.15) is 5.75 Å². The Bertz CT molecular complexity index is 1770. The molecule has 43 heavy (non-hydrogen) atoms. The predicted octanol–water partition coefficient (Wildman–Crippen LogP) is 5.82. The number of likely N-dealkylation sites (N-methyl/N-ethyl adjacent to an activating group) is 2. The number of nitrogen functional groups attached to an aromatic ring is 1. The molecule has 5 aromatic rings. The fourth-order valence-electron chi connectivity index (χ4n) is 5.84. The van der Waals surface area contributed by atoms with Crippen molar-refractivity contribution >= 4 is 33.9 Å². The molecule has 1 aliphatic rings. The van der Waals surface area contributed by atoms with E-state index in [2.05, 4.69) is 83.3 Å². The van der Waals surface area contributed by atoms with E-state index >= 15 is 0 Å². The Balaban J connectivity index is 1.43. The number of aromatic nitrogens is 5. The van der Waals surface area contributed by atoms with E-state index in [0.717, 1.165) is 60.5 Å². The third-order valence-electron chi connectivity index (χ3n) is 8.20. The maximum absolute atomic E-state index is 6.55. The Hall–Kier alpha value is -4.57. The number of methoxy groups -OCH3 is 1. The molecule has 6 rings (SSSR count). The van der Waals surface area contributed by atoms with Gasteiger partial charge < -0.3 is 30.2 Å². The van der Waals surface area contributed by atoms with Crippen LogP contribution in [0.2, 0.25) is 0 Å². The summed E-state index contributed by atoms with van der Waals surface area (Å²) in [6, 6.07) is 10.7. The number of benzene rings is 2. The van der Waals surface area contributed by atoms with Crippen molar-refractivity contribution in [1.82, 2.24) is 29.2 Å². The highest BCUT2D eigenvalue weighted by molar-refractivity contribution is 6.00. The van der Waals surface area contributed by atoms with Gasteiger partial charge in [-0.3, -0.25) is 4.68 Å². The van der Waals surface area contributed by atoms with Gasteiger partial charge in [-0.25, -0.2) is 9.97 Å². The fourth-order valence-corrected chi connectivity index (χ4v) is 5.84. The van der Waals surface area contributed by atoms with Gasteiger partial charge in [0.15, 0.2) is 0 Å². The van der Waals surface area contributed by atoms with Crippen LogP contribution in [0.3, 0.4) is 0 Å². The molecule has 10 nitrogen and oxygen atoms in total. The fraction of sp³-hybridized carbons (Fsp3) is 0.364. The average Bonchev–Trinajstić information content (AvgIpc) is 3.63. The molecule has 0 spiro atoms. The van der Waals surface area contributed by atoms with Crippen LogP contribution in [0.15, 0.2) is 55.1 Å². The average molecular weight is 580 g/mol. The molecule has 0 bridgehead atoms. The van der Waals surface area contributed by atoms with E-state index in [0.29, 0.717) is 23.1 Å². The standard InChI is InChI=1S/C33H41N9O/c1-21(2)42-19-23(17-36-42)25-18-35-33(37-28-15-27(34)29(16-30(28)43-6)40(5)14-13-39(3)4)38-31(25)26-20-41-12-8-10-22-9-7-11-24(26)32(22)41/h7,9,11,15-21H,8,10,12-14,34H2,1-6H3,(H,35,37,38). The van der Waals surface area contributed by atoms with Crippen LogP contribution in [-0.2, 0) is 13.0 Å². The minimum absolute atomic E-state index is 0.250. The van der Waals surface area contributed by atoms with Gasteiger partial charge in [0.25, 0.3) is 0 Å². The highest BCUT2D eigenvalue weighted by atomic mass is 16.5. The SMILES string of the molecule is COc1cc(N(C)CCN(C)C)c(N)cc1Nc1ncc(-c2cnn(C(C)C)c2)c(-c2cn3c4c(cccc24)CCC3)n1. The molecule has 0 atom stereocenters. The summed E-state index contributed by atoms with van der Waals surface area (Å²) in [4.78, 5) is 14.2. The zero-order valence-corrected chi connectivity index (χ0v) is 25.9. The number of nitrogens with zero attached hydrogens (tertiary/aromatic N) is 7. The topological polar surface area (TPSA) is 102 Å². The zero-order valence-electron chi connectivity index (χ0n) is 25.9. The maximum Gasteiger partial charge on any atom is 0.227 e. The highest BCUT2D eigenvalue weighted by Crippen LogP contribution is 2.40. The lowest BCUT2D eigenvalue weighted by Gasteiger charge is -2.24. The lowest BCUT2D eigenvalue weighted by molar-refractivity contribution is 0.413. The molecule has 0 saturated heterocycles. The van der Waals surface area contributed by atoms with Gasteiger partial charge >= 0.3 is 0 Å². The van der Waals surface area contributed by atoms with Gasteiger partial charge in [-0.1, -0.05) is 18.2 Å². The number of nitrogens with two attached hydrogens (primary N) is 1. The molecule has 0 saturated carbocycles. The molecule has 4 heterocycles. The molecule has 224 valence electrons. The Kier molecular flexibility index (Phi) is 7.70. The predicted molar refractivity (Wildman–Crippen MR) is 175 cm³/mol. The highest BCUT2D eigenvalue weighted by Gasteiger charge is 2.22. The molecule has 0 aliphatic carbocycles. The lowest BCUT2D eigenvalue weighted by atomic mass is 9.99. The van der Waals surface area contributed by atoms with Gasteiger partial charge in [0, 0.05) is 79.5 Å². The second kappa shape index (κ2) is 11.6. The number of nitrogens with one attached hydrogen (secondary N) is 1. The first-order valence-electron chi connectivity index (χ1n) is 14.9. The second-order valence-electron chi connectivity index (χ2n) is 11.9. The first-order chi connectivity index (χ1) is 20.7. The minimum atomic E-state index is 0.250. The summed E-state index contributed by atoms with van der Waals surface area (Å²) in [5.74, 6) is 1.13. The van der Waals surface area contributed by atoms with Gasteiger partial charge in [0.2, 0.25) is 5.95 Å². The Morgan fingerprint density at radius 2 is 1.91 bits per heavy atom. The summed E-state index contributed by atoms with van der Waals surface area (Å²) < 4.78 is 10.1. The summed E-state index contributed by atoms with van der Waals surface area (Å²) >= 11 is 0. The lowest BCUT2D eigenvalue weighted by Crippen LogP contribution is -2.29. The van der Waals surface area contributed by atoms with E-state index in [9.17, 15) is 0 Å². The first-order valence-corrected chi connectivity index (χ1v) is 14.9. The van der Waals surface area contributed by atoms with Crippen LogP contribution >= 0.6 is 0 Å². The quantitative estimate of drug-likeness (QED) is 0.200. The van der Waals surface area contributed by atoms with E-state index in [1.165, 1.54) is 16.5 Å². The number of hydrogen-bond acceptors (Lipinski definition) is 8. The van der Waals surface area contributed by atoms with Crippen molar-refractivity contribution in [2.75, 3.05) is 57.3 Å². The Morgan fingerprint density at radius 3 is 2.65 bits per heavy atom. The largest absolute Gasteiger partial charge is 0.494 e. The van der Waals surface area contributed by atoms with Crippen LogP contribution in [0.25, 0.3) is 33.3 Å². The van der Waals surface area contributed by atoms with Crippen molar-refractivity contribution in [2.24, 2.45) is 0 Å². The maximum atomic E-state index is 6.55. The van der Waals surface area contributed by atoms with Crippen LogP contribution in [0.5, 0.6) is 5.75 Å². The van der Waals surface area contributed by atoms with Crippen molar-refractivity contribution in [3.05, 3.63) is 60.7 Å². The van der Waals surface area contributed by atoms with Gasteiger partial charge in [-0.2, -0.15) is 5.10 Å². The van der Waals surface area contributed by atoms with Crippen molar-refractivity contribution in [2.45, 2.75) is 39.3 Å². The van der Waals surface area contributed by atoms with Crippen molar-refractivity contribution in [1.29, 1.82) is 0 Å². The molecule has 3 aromatic heterocycles. The molecule has 3 N–H and O–H groups in total. The summed E-state index contributed by atoms with van der Waals surface area (Å²) in [6.07, 6.45) is 10.3. The third kappa shape index (κ3) is 5.50. The second-order valence-corrected chi connectivity index (χ2v) is 11.9. The Labute approximate surface area is 253 Å². The third-order valence-corrected chi connectivity index (χ3v) is 8.20. The molecule has 0 unspecified atom stereocenters. The van der Waals surface area contributed by atoms with Gasteiger partial charge in [0.05, 0.1) is 41.6 Å². The minimum Gasteiger partial charge on any atom is -0.494 e. The summed E-state index contributed by atoms with van der Waals surface area (Å²) in [6.45, 7) is 6.99. The van der Waals surface area contributed by atoms with Crippen LogP contribution in [0.4, 0.5) is 23.0 Å². The van der Waals surface area contributed by atoms with E-state index in [1.807, 2.05) is 36.3 Å². The van der Waals surface area contributed by atoms with E-state index < -0.39 is 0 Å². The monoisotopic (exact) mass is 579 g/mol. The molecule has 0 fully saturated rings. The zero-order chi connectivity index (χ0) is 30.2. The smallest absolute Gasteiger partial charge is 0.227 e. The number of hydrogen-bond donors (Lipinski definition) is 2. The van der Waals surface area contributed by atoms with Gasteiger partial charge in [-0.15, -0.1) is 0 Å². The van der Waals surface area contributed by atoms with Crippen LogP contribution in [-0.4, -0.2) is 70.6 Å². The van der Waals surface area contributed by atoms with Crippen molar-refractivity contribution in [3.63, 3.8) is 0 Å². The molecule has 1 aliphatic heterocycles. The Morgan fingerprint density at radius 1 is 1.07 bits per heavy atom. The summed E-state index contributed by atoms with van der Waals surface area (Å²) in [5, 5.41) is 9.21. The number of aryl methyl sites for hydroxylation is 2. The number of anilines is 4. The summed E-state index contributed by atoms with van der Waals surface area (Å²) in [5.41, 5.74) is 15.4. The van der Waals surface area contributed by atoms with Gasteiger partial charge in [-0.05, 0) is 52.4 Å². The molecule has 0 amide bonds. The van der Waals surface area contributed by atoms with Crippen molar-refractivity contribution in [3.8, 4) is 28.1 Å². The van der Waals surface area contributed by atoms with Crippen molar-refractivity contribution < 1.29 is 4.74 Å². The summed E-state index contributed by atoms with van der Waals surface area (Å²) in [7, 11) is 7.82. The van der Waals surface area contributed by atoms with E-state index in [1.54, 1.807) is 7.11 Å². The number of para-hydroxylation sites is 1. The first kappa shape index (κ1) is 28.5.